The first-order valence-corrected chi connectivity index (χ1v) is 8.10. The van der Waals surface area contributed by atoms with Gasteiger partial charge in [-0.1, -0.05) is 0 Å². The summed E-state index contributed by atoms with van der Waals surface area (Å²) in [6, 6.07) is 0.954. The molecule has 0 aliphatic rings. The molecular formula is C13H22BrN3OS. The highest BCUT2D eigenvalue weighted by molar-refractivity contribution is 9.11. The Morgan fingerprint density at radius 2 is 1.95 bits per heavy atom. The third-order valence-corrected chi connectivity index (χ3v) is 4.51. The second kappa shape index (κ2) is 7.36. The smallest absolute Gasteiger partial charge is 0.272 e. The average Bonchev–Trinajstić information content (AvgIpc) is 2.62. The average molecular weight is 348 g/mol. The Balaban J connectivity index is 2.49. The summed E-state index contributed by atoms with van der Waals surface area (Å²) in [4.78, 5) is 18.6. The van der Waals surface area contributed by atoms with Crippen LogP contribution in [0.3, 0.4) is 0 Å². The number of rotatable bonds is 6. The van der Waals surface area contributed by atoms with Gasteiger partial charge in [0.1, 0.15) is 3.79 Å². The molecule has 0 spiro atoms. The highest BCUT2D eigenvalue weighted by Crippen LogP contribution is 2.23. The topological polar surface area (TPSA) is 45.2 Å². The fraction of sp³-hybridized carbons (Fsp3) is 0.692. The molecule has 0 bridgehead atoms. The number of thiazole rings is 1. The number of amides is 1. The van der Waals surface area contributed by atoms with Crippen LogP contribution in [-0.2, 0) is 0 Å². The van der Waals surface area contributed by atoms with E-state index in [1.807, 2.05) is 6.92 Å². The van der Waals surface area contributed by atoms with Crippen LogP contribution in [0.4, 0.5) is 0 Å². The number of aryl methyl sites for hydroxylation is 1. The Hall–Kier alpha value is -0.460. The van der Waals surface area contributed by atoms with E-state index in [0.29, 0.717) is 24.3 Å². The quantitative estimate of drug-likeness (QED) is 0.859. The molecule has 0 radical (unpaired) electrons. The van der Waals surface area contributed by atoms with Crippen molar-refractivity contribution in [3.05, 3.63) is 14.5 Å². The maximum atomic E-state index is 12.0. The molecule has 1 aromatic rings. The monoisotopic (exact) mass is 347 g/mol. The van der Waals surface area contributed by atoms with Crippen LogP contribution in [0.2, 0.25) is 0 Å². The van der Waals surface area contributed by atoms with Gasteiger partial charge in [0.15, 0.2) is 5.69 Å². The summed E-state index contributed by atoms with van der Waals surface area (Å²) in [7, 11) is 0. The lowest BCUT2D eigenvalue weighted by Gasteiger charge is -2.30. The van der Waals surface area contributed by atoms with Crippen molar-refractivity contribution >= 4 is 33.2 Å². The second-order valence-electron chi connectivity index (χ2n) is 5.04. The molecule has 19 heavy (non-hydrogen) atoms. The van der Waals surface area contributed by atoms with Gasteiger partial charge in [0.2, 0.25) is 0 Å². The van der Waals surface area contributed by atoms with E-state index in [1.165, 1.54) is 11.3 Å². The molecule has 0 aliphatic carbocycles. The second-order valence-corrected chi connectivity index (χ2v) is 7.56. The standard InChI is InChI=1S/C13H22BrN3OS/c1-8(2)17(9(3)4)7-6-15-13(18)11-12(14)19-10(5)16-11/h8-9H,6-7H2,1-5H3,(H,15,18). The van der Waals surface area contributed by atoms with Crippen LogP contribution in [-0.4, -0.2) is 41.0 Å². The minimum absolute atomic E-state index is 0.108. The van der Waals surface area contributed by atoms with Gasteiger partial charge < -0.3 is 5.32 Å². The van der Waals surface area contributed by atoms with Crippen molar-refractivity contribution in [2.45, 2.75) is 46.7 Å². The third-order valence-electron chi connectivity index (χ3n) is 2.89. The Kier molecular flexibility index (Phi) is 6.42. The molecule has 0 aromatic carbocycles. The first kappa shape index (κ1) is 16.6. The number of carbonyl (C=O) groups excluding carboxylic acids is 1. The minimum atomic E-state index is -0.108. The summed E-state index contributed by atoms with van der Waals surface area (Å²) in [6.45, 7) is 12.1. The molecule has 1 heterocycles. The van der Waals surface area contributed by atoms with Crippen molar-refractivity contribution in [1.29, 1.82) is 0 Å². The Morgan fingerprint density at radius 3 is 2.37 bits per heavy atom. The molecule has 6 heteroatoms. The first-order chi connectivity index (χ1) is 8.82. The van der Waals surface area contributed by atoms with Crippen LogP contribution >= 0.6 is 27.3 Å². The van der Waals surface area contributed by atoms with Crippen LogP contribution in [0.25, 0.3) is 0 Å². The third kappa shape index (κ3) is 4.85. The van der Waals surface area contributed by atoms with Gasteiger partial charge in [-0.25, -0.2) is 4.98 Å². The molecule has 108 valence electrons. The number of aromatic nitrogens is 1. The molecule has 0 unspecified atom stereocenters. The fourth-order valence-corrected chi connectivity index (χ4v) is 3.64. The highest BCUT2D eigenvalue weighted by Gasteiger charge is 2.16. The number of halogens is 1. The number of hydrogen-bond acceptors (Lipinski definition) is 4. The van der Waals surface area contributed by atoms with Crippen LogP contribution < -0.4 is 5.32 Å². The molecule has 0 atom stereocenters. The SMILES string of the molecule is Cc1nc(C(=O)NCCN(C(C)C)C(C)C)c(Br)s1. The van der Waals surface area contributed by atoms with Crippen molar-refractivity contribution in [3.8, 4) is 0 Å². The van der Waals surface area contributed by atoms with Gasteiger partial charge in [0.05, 0.1) is 5.01 Å². The molecule has 1 N–H and O–H groups in total. The van der Waals surface area contributed by atoms with E-state index >= 15 is 0 Å². The van der Waals surface area contributed by atoms with Gasteiger partial charge in [-0.05, 0) is 50.5 Å². The van der Waals surface area contributed by atoms with Gasteiger partial charge in [-0.3, -0.25) is 9.69 Å². The van der Waals surface area contributed by atoms with Crippen LogP contribution in [0.5, 0.6) is 0 Å². The van der Waals surface area contributed by atoms with Crippen molar-refractivity contribution < 1.29 is 4.79 Å². The fourth-order valence-electron chi connectivity index (χ4n) is 2.04. The normalized spacial score (nSPS) is 11.6. The molecule has 0 aliphatic heterocycles. The van der Waals surface area contributed by atoms with Crippen molar-refractivity contribution in [2.24, 2.45) is 0 Å². The zero-order valence-electron chi connectivity index (χ0n) is 12.2. The van der Waals surface area contributed by atoms with E-state index in [2.05, 4.69) is 58.8 Å². The van der Waals surface area contributed by atoms with Gasteiger partial charge in [0.25, 0.3) is 5.91 Å². The maximum Gasteiger partial charge on any atom is 0.272 e. The summed E-state index contributed by atoms with van der Waals surface area (Å²) >= 11 is 4.85. The lowest BCUT2D eigenvalue weighted by Crippen LogP contribution is -2.42. The van der Waals surface area contributed by atoms with E-state index < -0.39 is 0 Å². The van der Waals surface area contributed by atoms with Gasteiger partial charge in [-0.2, -0.15) is 0 Å². The highest BCUT2D eigenvalue weighted by atomic mass is 79.9. The van der Waals surface area contributed by atoms with Gasteiger partial charge in [0, 0.05) is 25.2 Å². The maximum absolute atomic E-state index is 12.0. The lowest BCUT2D eigenvalue weighted by molar-refractivity contribution is 0.0934. The van der Waals surface area contributed by atoms with Crippen LogP contribution in [0.1, 0.15) is 43.2 Å². The number of nitrogens with one attached hydrogen (secondary N) is 1. The summed E-state index contributed by atoms with van der Waals surface area (Å²) in [5.74, 6) is -0.108. The van der Waals surface area contributed by atoms with Gasteiger partial charge >= 0.3 is 0 Å². The predicted octanol–water partition coefficient (Wildman–Crippen LogP) is 3.06. The van der Waals surface area contributed by atoms with Crippen LogP contribution in [0, 0.1) is 6.92 Å². The van der Waals surface area contributed by atoms with E-state index in [0.717, 1.165) is 15.3 Å². The van der Waals surface area contributed by atoms with Gasteiger partial charge in [-0.15, -0.1) is 11.3 Å². The van der Waals surface area contributed by atoms with Crippen molar-refractivity contribution in [1.82, 2.24) is 15.2 Å². The Labute approximate surface area is 127 Å². The zero-order valence-corrected chi connectivity index (χ0v) is 14.6. The van der Waals surface area contributed by atoms with E-state index in [-0.39, 0.29) is 5.91 Å². The van der Waals surface area contributed by atoms with E-state index in [4.69, 9.17) is 0 Å². The predicted molar refractivity (Wildman–Crippen MR) is 83.9 cm³/mol. The number of carbonyl (C=O) groups is 1. The summed E-state index contributed by atoms with van der Waals surface area (Å²) in [5.41, 5.74) is 0.489. The number of hydrogen-bond donors (Lipinski definition) is 1. The van der Waals surface area contributed by atoms with Crippen molar-refractivity contribution in [3.63, 3.8) is 0 Å². The molecule has 4 nitrogen and oxygen atoms in total. The Bertz CT molecular complexity index is 424. The summed E-state index contributed by atoms with van der Waals surface area (Å²) in [5, 5.41) is 3.82. The summed E-state index contributed by atoms with van der Waals surface area (Å²) in [6.07, 6.45) is 0. The molecule has 1 rings (SSSR count). The molecular weight excluding hydrogens is 326 g/mol. The molecule has 1 aromatic heterocycles. The summed E-state index contributed by atoms with van der Waals surface area (Å²) < 4.78 is 0.798. The molecule has 0 saturated heterocycles. The van der Waals surface area contributed by atoms with Crippen LogP contribution in [0.15, 0.2) is 3.79 Å². The molecule has 1 amide bonds. The van der Waals surface area contributed by atoms with E-state index in [9.17, 15) is 4.79 Å². The largest absolute Gasteiger partial charge is 0.349 e. The van der Waals surface area contributed by atoms with Crippen molar-refractivity contribution in [2.75, 3.05) is 13.1 Å². The Morgan fingerprint density at radius 1 is 1.37 bits per heavy atom. The lowest BCUT2D eigenvalue weighted by atomic mass is 10.2. The van der Waals surface area contributed by atoms with E-state index in [1.54, 1.807) is 0 Å². The minimum Gasteiger partial charge on any atom is -0.349 e. The first-order valence-electron chi connectivity index (χ1n) is 6.49. The molecule has 0 fully saturated rings. The number of nitrogens with zero attached hydrogens (tertiary/aromatic N) is 2. The molecule has 0 saturated carbocycles. The zero-order chi connectivity index (χ0) is 14.6.